The van der Waals surface area contributed by atoms with Crippen molar-refractivity contribution < 1.29 is 18.7 Å². The summed E-state index contributed by atoms with van der Waals surface area (Å²) in [5.74, 6) is -1.46. The van der Waals surface area contributed by atoms with Gasteiger partial charge in [-0.3, -0.25) is 14.4 Å². The third-order valence-electron chi connectivity index (χ3n) is 6.09. The average Bonchev–Trinajstić information content (AvgIpc) is 3.28. The van der Waals surface area contributed by atoms with Gasteiger partial charge in [0.05, 0.1) is 23.9 Å². The highest BCUT2D eigenvalue weighted by Crippen LogP contribution is 2.24. The van der Waals surface area contributed by atoms with Crippen molar-refractivity contribution in [2.45, 2.75) is 39.7 Å². The molecule has 8 nitrogen and oxygen atoms in total. The van der Waals surface area contributed by atoms with Gasteiger partial charge in [-0.05, 0) is 50.5 Å². The van der Waals surface area contributed by atoms with Crippen molar-refractivity contribution in [3.05, 3.63) is 74.2 Å². The number of hydrogen-bond acceptors (Lipinski definition) is 5. The van der Waals surface area contributed by atoms with Crippen LogP contribution < -0.4 is 5.56 Å². The predicted octanol–water partition coefficient (Wildman–Crippen LogP) is 2.05. The number of carbonyl (C=O) groups is 2. The number of halogens is 1. The molecule has 0 aliphatic carbocycles. The average molecular weight is 440 g/mol. The van der Waals surface area contributed by atoms with Crippen LogP contribution in [0.2, 0.25) is 0 Å². The molecule has 1 atom stereocenters. The molecule has 4 rings (SSSR count). The first-order valence-corrected chi connectivity index (χ1v) is 10.5. The topological polar surface area (TPSA) is 95.6 Å². The number of carbonyl (C=O) groups excluding carboxylic acids is 2. The largest absolute Gasteiger partial charge is 0.379 e. The zero-order valence-electron chi connectivity index (χ0n) is 18.3. The lowest BCUT2D eigenvalue weighted by Gasteiger charge is -2.35. The number of nitrogens with zero attached hydrogens (tertiary/aromatic N) is 3. The molecule has 3 heterocycles. The monoisotopic (exact) mass is 440 g/mol. The highest BCUT2D eigenvalue weighted by atomic mass is 19.1. The Morgan fingerprint density at radius 2 is 2.03 bits per heavy atom. The summed E-state index contributed by atoms with van der Waals surface area (Å²) in [6.07, 6.45) is 2.66. The van der Waals surface area contributed by atoms with E-state index in [0.29, 0.717) is 42.2 Å². The Kier molecular flexibility index (Phi) is 5.92. The van der Waals surface area contributed by atoms with Crippen LogP contribution in [0.15, 0.2) is 34.9 Å². The number of aromatic nitrogens is 2. The summed E-state index contributed by atoms with van der Waals surface area (Å²) < 4.78 is 20.0. The lowest BCUT2D eigenvalue weighted by molar-refractivity contribution is -0.132. The van der Waals surface area contributed by atoms with Gasteiger partial charge in [-0.1, -0.05) is 6.07 Å². The van der Waals surface area contributed by atoms with E-state index in [1.807, 2.05) is 0 Å². The van der Waals surface area contributed by atoms with Crippen molar-refractivity contribution in [2.24, 2.45) is 0 Å². The van der Waals surface area contributed by atoms with Crippen LogP contribution in [0.3, 0.4) is 0 Å². The van der Waals surface area contributed by atoms with Crippen molar-refractivity contribution in [2.75, 3.05) is 19.8 Å². The summed E-state index contributed by atoms with van der Waals surface area (Å²) in [4.78, 5) is 40.4. The molecule has 0 saturated carbocycles. The van der Waals surface area contributed by atoms with Gasteiger partial charge in [-0.25, -0.2) is 9.49 Å². The second-order valence-electron chi connectivity index (χ2n) is 8.23. The van der Waals surface area contributed by atoms with Gasteiger partial charge in [0.1, 0.15) is 12.4 Å². The van der Waals surface area contributed by atoms with Crippen LogP contribution >= 0.6 is 0 Å². The summed E-state index contributed by atoms with van der Waals surface area (Å²) >= 11 is 0. The standard InChI is InChI=1S/C23H25FN4O4/c1-13-10-27(11-21(29)28(13)17-6-7-32-12-17)23(31)18-8-16(4-5-19(18)24)9-20-14(2)15(3)22(30)26-25-20/h4-5,8,10,17H,6-7,9,11-12H2,1-3H3,(H,26,30)/t17-/m0/s1. The van der Waals surface area contributed by atoms with E-state index in [1.165, 1.54) is 17.0 Å². The Balaban J connectivity index is 1.59. The van der Waals surface area contributed by atoms with Gasteiger partial charge in [-0.2, -0.15) is 5.10 Å². The van der Waals surface area contributed by atoms with Crippen LogP contribution in [0.1, 0.15) is 46.1 Å². The Labute approximate surface area is 184 Å². The minimum absolute atomic E-state index is 0.0347. The molecule has 0 radical (unpaired) electrons. The first kappa shape index (κ1) is 21.9. The molecule has 9 heteroatoms. The summed E-state index contributed by atoms with van der Waals surface area (Å²) in [5, 5.41) is 6.54. The minimum Gasteiger partial charge on any atom is -0.379 e. The molecule has 1 N–H and O–H groups in total. The molecule has 2 aromatic rings. The van der Waals surface area contributed by atoms with Crippen LogP contribution in [0.5, 0.6) is 0 Å². The van der Waals surface area contributed by atoms with Gasteiger partial charge in [0.15, 0.2) is 0 Å². The number of aromatic amines is 1. The highest BCUT2D eigenvalue weighted by molar-refractivity contribution is 5.98. The normalized spacial score (nSPS) is 18.8. The molecular formula is C23H25FN4O4. The summed E-state index contributed by atoms with van der Waals surface area (Å²) in [5.41, 5.74) is 2.90. The Morgan fingerprint density at radius 3 is 2.72 bits per heavy atom. The van der Waals surface area contributed by atoms with Crippen LogP contribution in [-0.2, 0) is 16.0 Å². The second-order valence-corrected chi connectivity index (χ2v) is 8.23. The van der Waals surface area contributed by atoms with E-state index in [0.717, 1.165) is 12.0 Å². The molecule has 32 heavy (non-hydrogen) atoms. The maximum absolute atomic E-state index is 14.6. The molecule has 0 spiro atoms. The van der Waals surface area contributed by atoms with E-state index in [9.17, 15) is 18.8 Å². The van der Waals surface area contributed by atoms with Crippen molar-refractivity contribution in [1.82, 2.24) is 20.0 Å². The minimum atomic E-state index is -0.661. The Bertz CT molecular complexity index is 1170. The molecule has 2 aliphatic heterocycles. The molecule has 1 saturated heterocycles. The fraction of sp³-hybridized carbons (Fsp3) is 0.391. The lowest BCUT2D eigenvalue weighted by Crippen LogP contribution is -2.49. The smallest absolute Gasteiger partial charge is 0.267 e. The maximum atomic E-state index is 14.6. The van der Waals surface area contributed by atoms with E-state index >= 15 is 0 Å². The maximum Gasteiger partial charge on any atom is 0.267 e. The molecule has 1 aromatic carbocycles. The number of amides is 2. The highest BCUT2D eigenvalue weighted by Gasteiger charge is 2.34. The third kappa shape index (κ3) is 4.08. The molecule has 1 fully saturated rings. The summed E-state index contributed by atoms with van der Waals surface area (Å²) in [6, 6.07) is 4.26. The van der Waals surface area contributed by atoms with Crippen molar-refractivity contribution in [1.29, 1.82) is 0 Å². The molecular weight excluding hydrogens is 415 g/mol. The summed E-state index contributed by atoms with van der Waals surface area (Å²) in [7, 11) is 0. The molecule has 2 aliphatic rings. The lowest BCUT2D eigenvalue weighted by atomic mass is 10.0. The van der Waals surface area contributed by atoms with Crippen LogP contribution in [0, 0.1) is 19.7 Å². The van der Waals surface area contributed by atoms with Crippen LogP contribution in [0.4, 0.5) is 4.39 Å². The third-order valence-corrected chi connectivity index (χ3v) is 6.09. The molecule has 0 bridgehead atoms. The number of nitrogens with one attached hydrogen (secondary N) is 1. The molecule has 168 valence electrons. The van der Waals surface area contributed by atoms with E-state index in [-0.39, 0.29) is 29.6 Å². The van der Waals surface area contributed by atoms with E-state index < -0.39 is 11.7 Å². The van der Waals surface area contributed by atoms with Gasteiger partial charge in [0, 0.05) is 30.5 Å². The Morgan fingerprint density at radius 1 is 1.25 bits per heavy atom. The molecule has 2 amide bonds. The van der Waals surface area contributed by atoms with Gasteiger partial charge in [0.25, 0.3) is 11.5 Å². The van der Waals surface area contributed by atoms with E-state index in [2.05, 4.69) is 10.2 Å². The van der Waals surface area contributed by atoms with Gasteiger partial charge < -0.3 is 14.5 Å². The first-order valence-electron chi connectivity index (χ1n) is 10.5. The van der Waals surface area contributed by atoms with Gasteiger partial charge in [0.2, 0.25) is 5.91 Å². The molecule has 1 aromatic heterocycles. The number of allylic oxidation sites excluding steroid dienone is 1. The van der Waals surface area contributed by atoms with E-state index in [4.69, 9.17) is 4.74 Å². The molecule has 0 unspecified atom stereocenters. The quantitative estimate of drug-likeness (QED) is 0.785. The number of rotatable bonds is 4. The fourth-order valence-corrected chi connectivity index (χ4v) is 4.14. The van der Waals surface area contributed by atoms with Crippen LogP contribution in [0.25, 0.3) is 0 Å². The van der Waals surface area contributed by atoms with E-state index in [1.54, 1.807) is 37.9 Å². The van der Waals surface area contributed by atoms with Crippen LogP contribution in [-0.4, -0.2) is 57.6 Å². The Hall–Kier alpha value is -3.33. The first-order chi connectivity index (χ1) is 15.3. The zero-order chi connectivity index (χ0) is 23.0. The number of benzene rings is 1. The number of hydrogen-bond donors (Lipinski definition) is 1. The SMILES string of the molecule is CC1=CN(C(=O)c2cc(Cc3n[nH]c(=O)c(C)c3C)ccc2F)CC(=O)N1[C@H]1CCOC1. The number of H-pyrrole nitrogens is 1. The summed E-state index contributed by atoms with van der Waals surface area (Å²) in [6.45, 7) is 6.19. The van der Waals surface area contributed by atoms with Crippen molar-refractivity contribution in [3.8, 4) is 0 Å². The van der Waals surface area contributed by atoms with Gasteiger partial charge in [-0.15, -0.1) is 0 Å². The second kappa shape index (κ2) is 8.66. The number of ether oxygens (including phenoxy) is 1. The van der Waals surface area contributed by atoms with Crippen molar-refractivity contribution in [3.63, 3.8) is 0 Å². The predicted molar refractivity (Wildman–Crippen MR) is 114 cm³/mol. The fourth-order valence-electron chi connectivity index (χ4n) is 4.14. The van der Waals surface area contributed by atoms with Gasteiger partial charge >= 0.3 is 0 Å². The zero-order valence-corrected chi connectivity index (χ0v) is 18.3. The van der Waals surface area contributed by atoms with Crippen molar-refractivity contribution >= 4 is 11.8 Å².